The van der Waals surface area contributed by atoms with Crippen LogP contribution in [-0.2, 0) is 9.59 Å². The van der Waals surface area contributed by atoms with Gasteiger partial charge in [0.15, 0.2) is 5.17 Å². The lowest BCUT2D eigenvalue weighted by Gasteiger charge is -2.09. The number of anilines is 1. The molecule has 2 rings (SSSR count). The molecule has 1 aliphatic heterocycles. The maximum Gasteiger partial charge on any atom is 0.266 e. The highest BCUT2D eigenvalue weighted by Crippen LogP contribution is 2.30. The molecule has 6 nitrogen and oxygen atoms in total. The SMILES string of the molecule is CCCOc1ccc(NC(=O)/C=C2\SC(=NC)N(C)C2=O)cc1Br. The quantitative estimate of drug-likeness (QED) is 0.754. The lowest BCUT2D eigenvalue weighted by Crippen LogP contribution is -2.24. The van der Waals surface area contributed by atoms with Gasteiger partial charge >= 0.3 is 0 Å². The topological polar surface area (TPSA) is 71.0 Å². The maximum atomic E-state index is 12.1. The number of nitrogens with zero attached hydrogens (tertiary/aromatic N) is 2. The Bertz CT molecular complexity index is 719. The van der Waals surface area contributed by atoms with Gasteiger partial charge in [-0.1, -0.05) is 6.92 Å². The van der Waals surface area contributed by atoms with E-state index in [0.717, 1.165) is 16.6 Å². The molecule has 0 bridgehead atoms. The number of hydrogen-bond donors (Lipinski definition) is 1. The molecule has 1 aromatic carbocycles. The number of thioether (sulfide) groups is 1. The summed E-state index contributed by atoms with van der Waals surface area (Å²) in [5, 5.41) is 3.31. The van der Waals surface area contributed by atoms with Gasteiger partial charge in [-0.05, 0) is 52.3 Å². The number of amides is 2. The van der Waals surface area contributed by atoms with Gasteiger partial charge in [0.25, 0.3) is 5.91 Å². The van der Waals surface area contributed by atoms with Gasteiger partial charge in [-0.3, -0.25) is 19.5 Å². The monoisotopic (exact) mass is 411 g/mol. The van der Waals surface area contributed by atoms with E-state index in [-0.39, 0.29) is 11.8 Å². The molecule has 0 unspecified atom stereocenters. The van der Waals surface area contributed by atoms with E-state index in [2.05, 4.69) is 26.2 Å². The second kappa shape index (κ2) is 8.34. The van der Waals surface area contributed by atoms with Crippen molar-refractivity contribution >= 4 is 50.4 Å². The van der Waals surface area contributed by atoms with Gasteiger partial charge in [0, 0.05) is 25.9 Å². The van der Waals surface area contributed by atoms with Gasteiger partial charge in [0.05, 0.1) is 16.0 Å². The summed E-state index contributed by atoms with van der Waals surface area (Å²) in [6.07, 6.45) is 2.21. The van der Waals surface area contributed by atoms with Gasteiger partial charge < -0.3 is 10.1 Å². The Balaban J connectivity index is 2.06. The molecule has 0 aromatic heterocycles. The van der Waals surface area contributed by atoms with E-state index < -0.39 is 0 Å². The third kappa shape index (κ3) is 4.39. The molecule has 0 saturated carbocycles. The molecular formula is C16H18BrN3O3S. The number of rotatable bonds is 5. The highest BCUT2D eigenvalue weighted by atomic mass is 79.9. The molecule has 1 aliphatic rings. The van der Waals surface area contributed by atoms with Crippen LogP contribution in [0.5, 0.6) is 5.75 Å². The number of halogens is 1. The Kier molecular flexibility index (Phi) is 6.44. The number of aliphatic imine (C=N–C) groups is 1. The number of carbonyl (C=O) groups is 2. The van der Waals surface area contributed by atoms with E-state index in [9.17, 15) is 9.59 Å². The molecule has 0 atom stereocenters. The second-order valence-corrected chi connectivity index (χ2v) is 6.83. The minimum Gasteiger partial charge on any atom is -0.492 e. The average Bonchev–Trinajstić information content (AvgIpc) is 2.82. The first-order valence-corrected chi connectivity index (χ1v) is 8.95. The third-order valence-corrected chi connectivity index (χ3v) is 4.89. The molecule has 0 aliphatic carbocycles. The molecule has 24 heavy (non-hydrogen) atoms. The Morgan fingerprint density at radius 1 is 1.50 bits per heavy atom. The first-order valence-electron chi connectivity index (χ1n) is 7.34. The minimum absolute atomic E-state index is 0.236. The van der Waals surface area contributed by atoms with Crippen LogP contribution in [0.25, 0.3) is 0 Å². The van der Waals surface area contributed by atoms with Crippen LogP contribution < -0.4 is 10.1 Å². The van der Waals surface area contributed by atoms with Crippen LogP contribution in [0, 0.1) is 0 Å². The van der Waals surface area contributed by atoms with Crippen molar-refractivity contribution in [1.82, 2.24) is 4.90 Å². The molecule has 0 spiro atoms. The minimum atomic E-state index is -0.370. The number of amidine groups is 1. The molecule has 1 heterocycles. The van der Waals surface area contributed by atoms with Crippen LogP contribution in [0.4, 0.5) is 5.69 Å². The van der Waals surface area contributed by atoms with Gasteiger partial charge in [0.2, 0.25) is 5.91 Å². The summed E-state index contributed by atoms with van der Waals surface area (Å²) in [6.45, 7) is 2.66. The van der Waals surface area contributed by atoms with Crippen molar-refractivity contribution < 1.29 is 14.3 Å². The number of benzene rings is 1. The fourth-order valence-electron chi connectivity index (χ4n) is 1.95. The Hall–Kier alpha value is -1.80. The summed E-state index contributed by atoms with van der Waals surface area (Å²) in [5.74, 6) is 0.117. The molecule has 0 radical (unpaired) electrons. The predicted octanol–water partition coefficient (Wildman–Crippen LogP) is 3.25. The van der Waals surface area contributed by atoms with Gasteiger partial charge in [-0.25, -0.2) is 0 Å². The van der Waals surface area contributed by atoms with Crippen LogP contribution in [0.2, 0.25) is 0 Å². The highest BCUT2D eigenvalue weighted by Gasteiger charge is 2.30. The zero-order chi connectivity index (χ0) is 17.7. The molecule has 1 aromatic rings. The van der Waals surface area contributed by atoms with E-state index >= 15 is 0 Å². The summed E-state index contributed by atoms with van der Waals surface area (Å²) < 4.78 is 6.32. The van der Waals surface area contributed by atoms with Crippen molar-refractivity contribution in [3.05, 3.63) is 33.7 Å². The van der Waals surface area contributed by atoms with E-state index in [1.807, 2.05) is 6.92 Å². The van der Waals surface area contributed by atoms with E-state index in [1.165, 1.54) is 22.7 Å². The molecule has 1 saturated heterocycles. The summed E-state index contributed by atoms with van der Waals surface area (Å²) in [6, 6.07) is 5.30. The van der Waals surface area contributed by atoms with Crippen molar-refractivity contribution in [2.24, 2.45) is 4.99 Å². The number of likely N-dealkylation sites (N-methyl/N-ethyl adjacent to an activating group) is 1. The van der Waals surface area contributed by atoms with Crippen LogP contribution in [-0.4, -0.2) is 42.6 Å². The average molecular weight is 412 g/mol. The van der Waals surface area contributed by atoms with Crippen molar-refractivity contribution in [1.29, 1.82) is 0 Å². The zero-order valence-electron chi connectivity index (χ0n) is 13.6. The van der Waals surface area contributed by atoms with Gasteiger partial charge in [-0.2, -0.15) is 0 Å². The fraction of sp³-hybridized carbons (Fsp3) is 0.312. The smallest absolute Gasteiger partial charge is 0.266 e. The Morgan fingerprint density at radius 3 is 2.83 bits per heavy atom. The van der Waals surface area contributed by atoms with Gasteiger partial charge in [0.1, 0.15) is 5.75 Å². The predicted molar refractivity (Wildman–Crippen MR) is 100 cm³/mol. The normalized spacial score (nSPS) is 17.7. The highest BCUT2D eigenvalue weighted by molar-refractivity contribution is 9.10. The lowest BCUT2D eigenvalue weighted by atomic mass is 10.3. The van der Waals surface area contributed by atoms with Crippen molar-refractivity contribution in [3.63, 3.8) is 0 Å². The third-order valence-electron chi connectivity index (χ3n) is 3.12. The number of carbonyl (C=O) groups excluding carboxylic acids is 2. The number of nitrogens with one attached hydrogen (secondary N) is 1. The molecule has 1 N–H and O–H groups in total. The fourth-order valence-corrected chi connectivity index (χ4v) is 3.35. The van der Waals surface area contributed by atoms with E-state index in [4.69, 9.17) is 4.74 Å². The van der Waals surface area contributed by atoms with Crippen molar-refractivity contribution in [2.45, 2.75) is 13.3 Å². The van der Waals surface area contributed by atoms with Crippen molar-refractivity contribution in [2.75, 3.05) is 26.0 Å². The number of ether oxygens (including phenoxy) is 1. The molecule has 8 heteroatoms. The van der Waals surface area contributed by atoms with Crippen molar-refractivity contribution in [3.8, 4) is 5.75 Å². The van der Waals surface area contributed by atoms with E-state index in [1.54, 1.807) is 32.3 Å². The standard InChI is InChI=1S/C16H18BrN3O3S/c1-4-7-23-12-6-5-10(8-11(12)17)19-14(21)9-13-15(22)20(3)16(18-2)24-13/h5-6,8-9H,4,7H2,1-3H3,(H,19,21)/b13-9-,18-16?. The summed E-state index contributed by atoms with van der Waals surface area (Å²) in [7, 11) is 3.23. The summed E-state index contributed by atoms with van der Waals surface area (Å²) >= 11 is 4.60. The summed E-state index contributed by atoms with van der Waals surface area (Å²) in [4.78, 5) is 29.9. The first kappa shape index (κ1) is 18.5. The van der Waals surface area contributed by atoms with Crippen LogP contribution in [0.15, 0.2) is 38.6 Å². The number of hydrogen-bond acceptors (Lipinski definition) is 5. The molecular weight excluding hydrogens is 394 g/mol. The Labute approximate surface area is 153 Å². The zero-order valence-corrected chi connectivity index (χ0v) is 16.0. The van der Waals surface area contributed by atoms with E-state index in [0.29, 0.717) is 22.4 Å². The van der Waals surface area contributed by atoms with Crippen LogP contribution >= 0.6 is 27.7 Å². The maximum absolute atomic E-state index is 12.1. The summed E-state index contributed by atoms with van der Waals surface area (Å²) in [5.41, 5.74) is 0.612. The lowest BCUT2D eigenvalue weighted by molar-refractivity contribution is -0.121. The van der Waals surface area contributed by atoms with Gasteiger partial charge in [-0.15, -0.1) is 0 Å². The van der Waals surface area contributed by atoms with Crippen LogP contribution in [0.3, 0.4) is 0 Å². The molecule has 1 fully saturated rings. The molecule has 128 valence electrons. The second-order valence-electron chi connectivity index (χ2n) is 4.96. The molecule has 2 amide bonds. The first-order chi connectivity index (χ1) is 11.5. The Morgan fingerprint density at radius 2 is 2.25 bits per heavy atom. The largest absolute Gasteiger partial charge is 0.492 e. The van der Waals surface area contributed by atoms with Crippen LogP contribution in [0.1, 0.15) is 13.3 Å².